The molecule has 0 heterocycles. The lowest BCUT2D eigenvalue weighted by Gasteiger charge is -2.16. The number of nitro groups is 1. The van der Waals surface area contributed by atoms with E-state index in [9.17, 15) is 10.1 Å². The van der Waals surface area contributed by atoms with Crippen LogP contribution < -0.4 is 14.8 Å². The summed E-state index contributed by atoms with van der Waals surface area (Å²) in [6.07, 6.45) is 0. The summed E-state index contributed by atoms with van der Waals surface area (Å²) in [4.78, 5) is 10.4. The number of para-hydroxylation sites is 1. The number of halogens is 2. The fourth-order valence-electron chi connectivity index (χ4n) is 2.80. The zero-order valence-corrected chi connectivity index (χ0v) is 18.6. The molecular weight excluding hydrogens is 472 g/mol. The average Bonchev–Trinajstić information content (AvgIpc) is 2.73. The predicted molar refractivity (Wildman–Crippen MR) is 122 cm³/mol. The second-order valence-corrected chi connectivity index (χ2v) is 7.65. The van der Waals surface area contributed by atoms with Gasteiger partial charge in [-0.2, -0.15) is 0 Å². The number of benzene rings is 3. The highest BCUT2D eigenvalue weighted by atomic mass is 79.9. The van der Waals surface area contributed by atoms with Crippen molar-refractivity contribution in [1.29, 1.82) is 0 Å². The smallest absolute Gasteiger partial charge is 0.269 e. The fraction of sp³-hybridized carbons (Fsp3) is 0.182. The molecule has 0 amide bonds. The minimum atomic E-state index is -0.427. The topological polar surface area (TPSA) is 73.6 Å². The van der Waals surface area contributed by atoms with Crippen LogP contribution in [0.15, 0.2) is 65.1 Å². The summed E-state index contributed by atoms with van der Waals surface area (Å²) >= 11 is 9.77. The Kier molecular flexibility index (Phi) is 7.54. The molecule has 3 rings (SSSR count). The van der Waals surface area contributed by atoms with Gasteiger partial charge in [-0.3, -0.25) is 10.1 Å². The highest BCUT2D eigenvalue weighted by Gasteiger charge is 2.13. The molecule has 0 spiro atoms. The minimum absolute atomic E-state index is 0.0466. The van der Waals surface area contributed by atoms with E-state index >= 15 is 0 Å². The van der Waals surface area contributed by atoms with Gasteiger partial charge < -0.3 is 14.8 Å². The van der Waals surface area contributed by atoms with Gasteiger partial charge in [-0.05, 0) is 70.4 Å². The number of anilines is 1. The van der Waals surface area contributed by atoms with E-state index in [-0.39, 0.29) is 12.3 Å². The molecule has 0 aliphatic carbocycles. The Hall–Kier alpha value is -2.77. The average molecular weight is 492 g/mol. The summed E-state index contributed by atoms with van der Waals surface area (Å²) in [5, 5.41) is 14.8. The standard InChI is InChI=1S/C22H20BrClN2O4/c1-2-29-21-12-16(13-25-20-6-4-3-5-19(20)24)11-18(23)22(21)30-14-15-7-9-17(10-8-15)26(27)28/h3-12,25H,2,13-14H2,1H3. The molecule has 0 saturated heterocycles. The summed E-state index contributed by atoms with van der Waals surface area (Å²) in [7, 11) is 0. The van der Waals surface area contributed by atoms with Gasteiger partial charge in [0.25, 0.3) is 5.69 Å². The van der Waals surface area contributed by atoms with Gasteiger partial charge in [0.2, 0.25) is 0 Å². The van der Waals surface area contributed by atoms with E-state index in [1.54, 1.807) is 12.1 Å². The van der Waals surface area contributed by atoms with Crippen LogP contribution in [0.1, 0.15) is 18.1 Å². The van der Waals surface area contributed by atoms with E-state index in [1.807, 2.05) is 43.3 Å². The van der Waals surface area contributed by atoms with Crippen LogP contribution in [-0.2, 0) is 13.2 Å². The Bertz CT molecular complexity index is 1030. The molecule has 0 saturated carbocycles. The molecule has 30 heavy (non-hydrogen) atoms. The fourth-order valence-corrected chi connectivity index (χ4v) is 3.60. The van der Waals surface area contributed by atoms with Gasteiger partial charge in [0.05, 0.1) is 26.7 Å². The monoisotopic (exact) mass is 490 g/mol. The highest BCUT2D eigenvalue weighted by molar-refractivity contribution is 9.10. The van der Waals surface area contributed by atoms with E-state index < -0.39 is 4.92 Å². The van der Waals surface area contributed by atoms with E-state index in [0.717, 1.165) is 21.3 Å². The van der Waals surface area contributed by atoms with Crippen LogP contribution in [-0.4, -0.2) is 11.5 Å². The van der Waals surface area contributed by atoms with E-state index in [2.05, 4.69) is 21.2 Å². The third-order valence-corrected chi connectivity index (χ3v) is 5.17. The van der Waals surface area contributed by atoms with E-state index in [4.69, 9.17) is 21.1 Å². The number of hydrogen-bond acceptors (Lipinski definition) is 5. The molecule has 0 aliphatic heterocycles. The first kappa shape index (κ1) is 21.9. The first-order valence-corrected chi connectivity index (χ1v) is 10.4. The Labute approximate surface area is 188 Å². The van der Waals surface area contributed by atoms with E-state index in [0.29, 0.717) is 29.7 Å². The largest absolute Gasteiger partial charge is 0.490 e. The number of non-ortho nitro benzene ring substituents is 1. The van der Waals surface area contributed by atoms with E-state index in [1.165, 1.54) is 12.1 Å². The molecular formula is C22H20BrClN2O4. The quantitative estimate of drug-likeness (QED) is 0.270. The van der Waals surface area contributed by atoms with Gasteiger partial charge in [0, 0.05) is 18.7 Å². The van der Waals surface area contributed by atoms with Crippen LogP contribution in [0.4, 0.5) is 11.4 Å². The lowest BCUT2D eigenvalue weighted by Crippen LogP contribution is -2.04. The number of nitrogens with zero attached hydrogens (tertiary/aromatic N) is 1. The Balaban J connectivity index is 1.74. The summed E-state index contributed by atoms with van der Waals surface area (Å²) in [5.74, 6) is 1.20. The van der Waals surface area contributed by atoms with Crippen molar-refractivity contribution in [3.63, 3.8) is 0 Å². The van der Waals surface area contributed by atoms with Crippen molar-refractivity contribution in [2.45, 2.75) is 20.1 Å². The maximum atomic E-state index is 10.8. The molecule has 0 radical (unpaired) electrons. The van der Waals surface area contributed by atoms with Crippen molar-refractivity contribution in [3.8, 4) is 11.5 Å². The van der Waals surface area contributed by atoms with Crippen LogP contribution in [0, 0.1) is 10.1 Å². The maximum absolute atomic E-state index is 10.8. The third-order valence-electron chi connectivity index (χ3n) is 4.26. The molecule has 8 heteroatoms. The number of ether oxygens (including phenoxy) is 2. The highest BCUT2D eigenvalue weighted by Crippen LogP contribution is 2.38. The van der Waals surface area contributed by atoms with Crippen LogP contribution in [0.2, 0.25) is 5.02 Å². The molecule has 0 unspecified atom stereocenters. The molecule has 3 aromatic carbocycles. The first-order valence-electron chi connectivity index (χ1n) is 9.27. The summed E-state index contributed by atoms with van der Waals surface area (Å²) < 4.78 is 12.5. The van der Waals surface area contributed by atoms with Crippen LogP contribution in [0.25, 0.3) is 0 Å². The Morgan fingerprint density at radius 1 is 1.07 bits per heavy atom. The number of hydrogen-bond donors (Lipinski definition) is 1. The van der Waals surface area contributed by atoms with Crippen LogP contribution in [0.5, 0.6) is 11.5 Å². The van der Waals surface area contributed by atoms with Crippen molar-refractivity contribution in [2.75, 3.05) is 11.9 Å². The van der Waals surface area contributed by atoms with Crippen molar-refractivity contribution in [3.05, 3.63) is 91.4 Å². The molecule has 0 atom stereocenters. The predicted octanol–water partition coefficient (Wildman–Crippen LogP) is 6.60. The second-order valence-electron chi connectivity index (χ2n) is 6.38. The van der Waals surface area contributed by atoms with Crippen molar-refractivity contribution in [1.82, 2.24) is 0 Å². The molecule has 156 valence electrons. The first-order chi connectivity index (χ1) is 14.5. The molecule has 0 aliphatic rings. The zero-order valence-electron chi connectivity index (χ0n) is 16.2. The van der Waals surface area contributed by atoms with Gasteiger partial charge >= 0.3 is 0 Å². The molecule has 6 nitrogen and oxygen atoms in total. The van der Waals surface area contributed by atoms with Crippen LogP contribution in [0.3, 0.4) is 0 Å². The minimum Gasteiger partial charge on any atom is -0.490 e. The second kappa shape index (κ2) is 10.3. The van der Waals surface area contributed by atoms with Crippen molar-refractivity contribution < 1.29 is 14.4 Å². The molecule has 0 fully saturated rings. The number of nitro benzene ring substituents is 1. The summed E-state index contributed by atoms with van der Waals surface area (Å²) in [6.45, 7) is 3.21. The molecule has 3 aromatic rings. The van der Waals surface area contributed by atoms with Crippen molar-refractivity contribution in [2.24, 2.45) is 0 Å². The lowest BCUT2D eigenvalue weighted by molar-refractivity contribution is -0.384. The zero-order chi connectivity index (χ0) is 21.5. The molecule has 0 bridgehead atoms. The maximum Gasteiger partial charge on any atom is 0.269 e. The summed E-state index contributed by atoms with van der Waals surface area (Å²) in [5.41, 5.74) is 2.71. The Morgan fingerprint density at radius 2 is 1.80 bits per heavy atom. The molecule has 0 aromatic heterocycles. The van der Waals surface area contributed by atoms with Gasteiger partial charge in [-0.1, -0.05) is 23.7 Å². The third kappa shape index (κ3) is 5.64. The van der Waals surface area contributed by atoms with Gasteiger partial charge in [-0.15, -0.1) is 0 Å². The van der Waals surface area contributed by atoms with Gasteiger partial charge in [0.15, 0.2) is 11.5 Å². The normalized spacial score (nSPS) is 10.5. The molecule has 1 N–H and O–H groups in total. The SMILES string of the molecule is CCOc1cc(CNc2ccccc2Cl)cc(Br)c1OCc1ccc([N+](=O)[O-])cc1. The van der Waals surface area contributed by atoms with Gasteiger partial charge in [0.1, 0.15) is 6.61 Å². The summed E-state index contributed by atoms with van der Waals surface area (Å²) in [6, 6.07) is 17.7. The number of rotatable bonds is 9. The lowest BCUT2D eigenvalue weighted by atomic mass is 10.2. The van der Waals surface area contributed by atoms with Crippen LogP contribution >= 0.6 is 27.5 Å². The number of nitrogens with one attached hydrogen (secondary N) is 1. The van der Waals surface area contributed by atoms with Gasteiger partial charge in [-0.25, -0.2) is 0 Å². The van der Waals surface area contributed by atoms with Crippen molar-refractivity contribution >= 4 is 38.9 Å². The Morgan fingerprint density at radius 3 is 2.47 bits per heavy atom.